The summed E-state index contributed by atoms with van der Waals surface area (Å²) in [5.74, 6) is 0.589. The van der Waals surface area contributed by atoms with Gasteiger partial charge in [0.15, 0.2) is 5.96 Å². The van der Waals surface area contributed by atoms with Gasteiger partial charge < -0.3 is 20.4 Å². The first-order valence-corrected chi connectivity index (χ1v) is 10.3. The zero-order chi connectivity index (χ0) is 21.3. The number of guanidine groups is 1. The number of amides is 1. The molecule has 168 valence electrons. The molecule has 2 N–H and O–H groups in total. The Morgan fingerprint density at radius 3 is 2.35 bits per heavy atom. The fraction of sp³-hybridized carbons (Fsp3) is 0.391. The molecule has 6 nitrogen and oxygen atoms in total. The van der Waals surface area contributed by atoms with Crippen LogP contribution in [0, 0.1) is 12.7 Å². The average Bonchev–Trinajstić information content (AvgIpc) is 2.77. The summed E-state index contributed by atoms with van der Waals surface area (Å²) in [6.45, 7) is 6.17. The lowest BCUT2D eigenvalue weighted by Crippen LogP contribution is -2.49. The predicted molar refractivity (Wildman–Crippen MR) is 135 cm³/mol. The molecule has 1 saturated heterocycles. The van der Waals surface area contributed by atoms with Crippen molar-refractivity contribution in [2.75, 3.05) is 44.7 Å². The van der Waals surface area contributed by atoms with Crippen molar-refractivity contribution < 1.29 is 9.18 Å². The molecule has 1 aliphatic rings. The van der Waals surface area contributed by atoms with E-state index in [0.717, 1.165) is 18.8 Å². The standard InChI is InChI=1S/C23H30FN5O.HI/c1-18-5-3-4-6-19(18)17-27-23(25-2)26-12-11-22(30)29-15-13-28(14-16-29)21-9-7-20(24)8-10-21;/h3-10H,11-17H2,1-2H3,(H2,25,26,27);1H. The monoisotopic (exact) mass is 539 g/mol. The van der Waals surface area contributed by atoms with Gasteiger partial charge in [-0.3, -0.25) is 9.79 Å². The van der Waals surface area contributed by atoms with E-state index in [9.17, 15) is 9.18 Å². The Kier molecular flexibility index (Phi) is 10.0. The van der Waals surface area contributed by atoms with E-state index in [1.807, 2.05) is 17.0 Å². The van der Waals surface area contributed by atoms with Gasteiger partial charge in [0.05, 0.1) is 0 Å². The summed E-state index contributed by atoms with van der Waals surface area (Å²) >= 11 is 0. The summed E-state index contributed by atoms with van der Waals surface area (Å²) in [5, 5.41) is 6.50. The minimum Gasteiger partial charge on any atom is -0.368 e. The van der Waals surface area contributed by atoms with Crippen molar-refractivity contribution in [2.24, 2.45) is 4.99 Å². The van der Waals surface area contributed by atoms with Gasteiger partial charge >= 0.3 is 0 Å². The van der Waals surface area contributed by atoms with Crippen LogP contribution in [0.25, 0.3) is 0 Å². The lowest BCUT2D eigenvalue weighted by atomic mass is 10.1. The fourth-order valence-corrected chi connectivity index (χ4v) is 3.52. The van der Waals surface area contributed by atoms with E-state index in [1.165, 1.54) is 23.3 Å². The van der Waals surface area contributed by atoms with Gasteiger partial charge in [-0.05, 0) is 42.3 Å². The molecule has 1 fully saturated rings. The predicted octanol–water partition coefficient (Wildman–Crippen LogP) is 3.16. The number of carbonyl (C=O) groups excluding carboxylic acids is 1. The second kappa shape index (κ2) is 12.5. The lowest BCUT2D eigenvalue weighted by molar-refractivity contribution is -0.131. The second-order valence-corrected chi connectivity index (χ2v) is 7.37. The second-order valence-electron chi connectivity index (χ2n) is 7.37. The van der Waals surface area contributed by atoms with Gasteiger partial charge in [0.1, 0.15) is 5.82 Å². The first-order valence-electron chi connectivity index (χ1n) is 10.3. The van der Waals surface area contributed by atoms with Crippen LogP contribution >= 0.6 is 24.0 Å². The van der Waals surface area contributed by atoms with Gasteiger partial charge in [0.25, 0.3) is 0 Å². The van der Waals surface area contributed by atoms with Gasteiger partial charge in [-0.25, -0.2) is 4.39 Å². The van der Waals surface area contributed by atoms with E-state index < -0.39 is 0 Å². The normalized spacial score (nSPS) is 14.1. The number of aryl methyl sites for hydroxylation is 1. The molecule has 0 aliphatic carbocycles. The van der Waals surface area contributed by atoms with Gasteiger partial charge in [-0.1, -0.05) is 24.3 Å². The van der Waals surface area contributed by atoms with Crippen molar-refractivity contribution in [2.45, 2.75) is 19.9 Å². The maximum Gasteiger partial charge on any atom is 0.224 e. The first-order chi connectivity index (χ1) is 14.6. The van der Waals surface area contributed by atoms with Crippen LogP contribution in [0.1, 0.15) is 17.5 Å². The molecule has 0 spiro atoms. The Hall–Kier alpha value is -2.36. The Labute approximate surface area is 200 Å². The number of aliphatic imine (C=N–C) groups is 1. The van der Waals surface area contributed by atoms with E-state index in [1.54, 1.807) is 19.2 Å². The number of anilines is 1. The summed E-state index contributed by atoms with van der Waals surface area (Å²) in [7, 11) is 1.73. The number of rotatable bonds is 6. The number of carbonyl (C=O) groups is 1. The van der Waals surface area contributed by atoms with Gasteiger partial charge in [0, 0.05) is 58.4 Å². The number of benzene rings is 2. The van der Waals surface area contributed by atoms with Gasteiger partial charge in [0.2, 0.25) is 5.91 Å². The molecule has 0 radical (unpaired) electrons. The van der Waals surface area contributed by atoms with Crippen LogP contribution < -0.4 is 15.5 Å². The molecule has 2 aromatic rings. The summed E-state index contributed by atoms with van der Waals surface area (Å²) < 4.78 is 13.1. The molecule has 0 unspecified atom stereocenters. The molecule has 1 aliphatic heterocycles. The van der Waals surface area contributed by atoms with Crippen molar-refractivity contribution in [3.8, 4) is 0 Å². The molecule has 1 heterocycles. The molecule has 8 heteroatoms. The van der Waals surface area contributed by atoms with E-state index in [4.69, 9.17) is 0 Å². The number of nitrogens with zero attached hydrogens (tertiary/aromatic N) is 3. The van der Waals surface area contributed by atoms with E-state index in [-0.39, 0.29) is 35.7 Å². The Morgan fingerprint density at radius 2 is 1.71 bits per heavy atom. The zero-order valence-corrected chi connectivity index (χ0v) is 20.4. The molecule has 0 aromatic heterocycles. The van der Waals surface area contributed by atoms with Crippen molar-refractivity contribution in [3.63, 3.8) is 0 Å². The van der Waals surface area contributed by atoms with Crippen LogP contribution in [-0.2, 0) is 11.3 Å². The minimum absolute atomic E-state index is 0. The summed E-state index contributed by atoms with van der Waals surface area (Å²) in [5.41, 5.74) is 3.44. The third-order valence-electron chi connectivity index (χ3n) is 5.39. The highest BCUT2D eigenvalue weighted by Gasteiger charge is 2.21. The molecule has 0 atom stereocenters. The molecular weight excluding hydrogens is 508 g/mol. The maximum absolute atomic E-state index is 13.1. The van der Waals surface area contributed by atoms with Crippen LogP contribution in [0.5, 0.6) is 0 Å². The van der Waals surface area contributed by atoms with Crippen LogP contribution in [0.3, 0.4) is 0 Å². The molecule has 3 rings (SSSR count). The molecule has 0 saturated carbocycles. The smallest absolute Gasteiger partial charge is 0.224 e. The number of nitrogens with one attached hydrogen (secondary N) is 2. The summed E-state index contributed by atoms with van der Waals surface area (Å²) in [6, 6.07) is 14.7. The van der Waals surface area contributed by atoms with Crippen molar-refractivity contribution in [1.82, 2.24) is 15.5 Å². The average molecular weight is 539 g/mol. The van der Waals surface area contributed by atoms with Crippen LogP contribution in [0.4, 0.5) is 10.1 Å². The summed E-state index contributed by atoms with van der Waals surface area (Å²) in [6.07, 6.45) is 0.418. The van der Waals surface area contributed by atoms with Crippen molar-refractivity contribution >= 4 is 41.5 Å². The SMILES string of the molecule is CN=C(NCCC(=O)N1CCN(c2ccc(F)cc2)CC1)NCc1ccccc1C.I. The topological polar surface area (TPSA) is 60.0 Å². The number of hydrogen-bond acceptors (Lipinski definition) is 3. The highest BCUT2D eigenvalue weighted by molar-refractivity contribution is 14.0. The number of piperazine rings is 1. The molecular formula is C23H31FIN5O. The highest BCUT2D eigenvalue weighted by atomic mass is 127. The lowest BCUT2D eigenvalue weighted by Gasteiger charge is -2.36. The Bertz CT molecular complexity index is 867. The highest BCUT2D eigenvalue weighted by Crippen LogP contribution is 2.17. The van der Waals surface area contributed by atoms with E-state index >= 15 is 0 Å². The summed E-state index contributed by atoms with van der Waals surface area (Å²) in [4.78, 5) is 20.8. The fourth-order valence-electron chi connectivity index (χ4n) is 3.52. The molecule has 1 amide bonds. The van der Waals surface area contributed by atoms with Gasteiger partial charge in [-0.15, -0.1) is 24.0 Å². The molecule has 2 aromatic carbocycles. The number of hydrogen-bond donors (Lipinski definition) is 2. The Balaban J connectivity index is 0.00000341. The van der Waals surface area contributed by atoms with Crippen molar-refractivity contribution in [1.29, 1.82) is 0 Å². The Morgan fingerprint density at radius 1 is 1.03 bits per heavy atom. The zero-order valence-electron chi connectivity index (χ0n) is 18.1. The third-order valence-corrected chi connectivity index (χ3v) is 5.39. The maximum atomic E-state index is 13.1. The largest absolute Gasteiger partial charge is 0.368 e. The molecule has 0 bridgehead atoms. The van der Waals surface area contributed by atoms with Crippen LogP contribution in [-0.4, -0.2) is 56.5 Å². The van der Waals surface area contributed by atoms with Crippen LogP contribution in [0.15, 0.2) is 53.5 Å². The third kappa shape index (κ3) is 7.37. The van der Waals surface area contributed by atoms with Gasteiger partial charge in [-0.2, -0.15) is 0 Å². The number of halogens is 2. The van der Waals surface area contributed by atoms with Crippen molar-refractivity contribution in [3.05, 3.63) is 65.5 Å². The van der Waals surface area contributed by atoms with E-state index in [0.29, 0.717) is 38.6 Å². The van der Waals surface area contributed by atoms with Crippen LogP contribution in [0.2, 0.25) is 0 Å². The first kappa shape index (κ1) is 24.9. The molecule has 31 heavy (non-hydrogen) atoms. The minimum atomic E-state index is -0.233. The quantitative estimate of drug-likeness (QED) is 0.337. The van der Waals surface area contributed by atoms with E-state index in [2.05, 4.69) is 39.6 Å².